The van der Waals surface area contributed by atoms with E-state index in [0.717, 1.165) is 6.07 Å². The van der Waals surface area contributed by atoms with Gasteiger partial charge < -0.3 is 5.32 Å². The van der Waals surface area contributed by atoms with E-state index in [1.807, 2.05) is 0 Å². The molecule has 1 N–H and O–H groups in total. The molecule has 2 aromatic rings. The third-order valence-corrected chi connectivity index (χ3v) is 3.72. The summed E-state index contributed by atoms with van der Waals surface area (Å²) in [6.45, 7) is 0. The molecule has 2 aromatic carbocycles. The molecule has 0 aromatic heterocycles. The molecule has 0 unspecified atom stereocenters. The van der Waals surface area contributed by atoms with Crippen LogP contribution < -0.4 is 5.32 Å². The number of rotatable bonds is 2. The van der Waals surface area contributed by atoms with Crippen LogP contribution in [0.25, 0.3) is 0 Å². The Morgan fingerprint density at radius 1 is 0.950 bits per heavy atom. The number of nitrogens with one attached hydrogen (secondary N) is 1. The molecule has 0 saturated carbocycles. The molecule has 0 radical (unpaired) electrons. The molecule has 1 amide bonds. The van der Waals surface area contributed by atoms with Gasteiger partial charge in [0.25, 0.3) is 5.91 Å². The molecule has 0 aliphatic heterocycles. The zero-order chi connectivity index (χ0) is 14.9. The highest BCUT2D eigenvalue weighted by atomic mass is 79.9. The predicted molar refractivity (Wildman–Crippen MR) is 76.1 cm³/mol. The van der Waals surface area contributed by atoms with Gasteiger partial charge in [-0.25, -0.2) is 13.2 Å². The molecular weight excluding hydrogens is 403 g/mol. The van der Waals surface area contributed by atoms with Gasteiger partial charge in [-0.15, -0.1) is 0 Å². The molecule has 2 nitrogen and oxygen atoms in total. The minimum absolute atomic E-state index is 0.00609. The molecule has 0 fully saturated rings. The minimum Gasteiger partial charge on any atom is -0.319 e. The summed E-state index contributed by atoms with van der Waals surface area (Å²) in [4.78, 5) is 11.8. The monoisotopic (exact) mass is 407 g/mol. The molecule has 104 valence electrons. The van der Waals surface area contributed by atoms with Gasteiger partial charge in [-0.1, -0.05) is 0 Å². The van der Waals surface area contributed by atoms with E-state index in [4.69, 9.17) is 0 Å². The maximum Gasteiger partial charge on any atom is 0.255 e. The fraction of sp³-hybridized carbons (Fsp3) is 0. The van der Waals surface area contributed by atoms with Crippen molar-refractivity contribution in [2.75, 3.05) is 5.32 Å². The summed E-state index contributed by atoms with van der Waals surface area (Å²) in [6, 6.07) is 6.16. The maximum atomic E-state index is 13.6. The Morgan fingerprint density at radius 3 is 2.25 bits per heavy atom. The van der Waals surface area contributed by atoms with Crippen LogP contribution in [0, 0.1) is 17.5 Å². The summed E-state index contributed by atoms with van der Waals surface area (Å²) >= 11 is 5.78. The van der Waals surface area contributed by atoms with E-state index in [1.54, 1.807) is 0 Å². The number of benzene rings is 2. The molecule has 0 spiro atoms. The molecule has 2 rings (SSSR count). The molecule has 0 aliphatic rings. The van der Waals surface area contributed by atoms with E-state index in [0.29, 0.717) is 0 Å². The summed E-state index contributed by atoms with van der Waals surface area (Å²) in [6.07, 6.45) is 0. The van der Waals surface area contributed by atoms with Crippen LogP contribution in [0.15, 0.2) is 39.3 Å². The molecule has 0 atom stereocenters. The molecule has 20 heavy (non-hydrogen) atoms. The number of amides is 1. The number of carbonyl (C=O) groups excluding carboxylic acids is 1. The van der Waals surface area contributed by atoms with Crippen LogP contribution in [-0.4, -0.2) is 5.91 Å². The lowest BCUT2D eigenvalue weighted by Crippen LogP contribution is -2.14. The Hall–Kier alpha value is -1.34. The third-order valence-electron chi connectivity index (χ3n) is 2.47. The number of carbonyl (C=O) groups is 1. The first kappa shape index (κ1) is 15.1. The van der Waals surface area contributed by atoms with Gasteiger partial charge in [0.05, 0.1) is 14.6 Å². The Kier molecular flexibility index (Phi) is 4.49. The van der Waals surface area contributed by atoms with Gasteiger partial charge in [0.15, 0.2) is 11.6 Å². The van der Waals surface area contributed by atoms with Gasteiger partial charge in [-0.3, -0.25) is 4.79 Å². The van der Waals surface area contributed by atoms with Gasteiger partial charge >= 0.3 is 0 Å². The number of hydrogen-bond acceptors (Lipinski definition) is 1. The summed E-state index contributed by atoms with van der Waals surface area (Å²) < 4.78 is 40.4. The van der Waals surface area contributed by atoms with E-state index >= 15 is 0 Å². The first-order valence-corrected chi connectivity index (χ1v) is 6.88. The van der Waals surface area contributed by atoms with Crippen molar-refractivity contribution >= 4 is 43.5 Å². The predicted octanol–water partition coefficient (Wildman–Crippen LogP) is 4.88. The van der Waals surface area contributed by atoms with Gasteiger partial charge in [0.1, 0.15) is 5.82 Å². The van der Waals surface area contributed by atoms with Crippen molar-refractivity contribution in [3.8, 4) is 0 Å². The average molecular weight is 409 g/mol. The third kappa shape index (κ3) is 3.04. The van der Waals surface area contributed by atoms with Crippen molar-refractivity contribution in [3.63, 3.8) is 0 Å². The minimum atomic E-state index is -1.19. The maximum absolute atomic E-state index is 13.6. The molecular formula is C13H6Br2F3NO. The Labute approximate surface area is 129 Å². The number of anilines is 1. The quantitative estimate of drug-likeness (QED) is 0.705. The van der Waals surface area contributed by atoms with Crippen molar-refractivity contribution in [3.05, 3.63) is 62.3 Å². The van der Waals surface area contributed by atoms with Crippen LogP contribution >= 0.6 is 31.9 Å². The molecule has 0 saturated heterocycles. The number of hydrogen-bond donors (Lipinski definition) is 1. The van der Waals surface area contributed by atoms with Crippen molar-refractivity contribution in [1.82, 2.24) is 0 Å². The fourth-order valence-electron chi connectivity index (χ4n) is 1.45. The molecule has 0 heterocycles. The first-order chi connectivity index (χ1) is 9.40. The Bertz CT molecular complexity index is 692. The van der Waals surface area contributed by atoms with E-state index in [9.17, 15) is 18.0 Å². The van der Waals surface area contributed by atoms with Crippen LogP contribution in [0.5, 0.6) is 0 Å². The molecule has 7 heteroatoms. The summed E-state index contributed by atoms with van der Waals surface area (Å²) in [5.74, 6) is -3.66. The summed E-state index contributed by atoms with van der Waals surface area (Å²) in [5.41, 5.74) is -0.326. The number of halogens is 5. The second-order valence-corrected chi connectivity index (χ2v) is 5.51. The van der Waals surface area contributed by atoms with Gasteiger partial charge in [-0.2, -0.15) is 0 Å². The highest BCUT2D eigenvalue weighted by Crippen LogP contribution is 2.25. The zero-order valence-corrected chi connectivity index (χ0v) is 12.9. The lowest BCUT2D eigenvalue weighted by molar-refractivity contribution is 0.102. The van der Waals surface area contributed by atoms with E-state index in [-0.39, 0.29) is 20.2 Å². The topological polar surface area (TPSA) is 29.1 Å². The first-order valence-electron chi connectivity index (χ1n) is 5.30. The van der Waals surface area contributed by atoms with E-state index in [2.05, 4.69) is 37.2 Å². The van der Waals surface area contributed by atoms with E-state index < -0.39 is 23.4 Å². The highest BCUT2D eigenvalue weighted by Gasteiger charge is 2.15. The van der Waals surface area contributed by atoms with Gasteiger partial charge in [-0.05, 0) is 62.2 Å². The Balaban J connectivity index is 2.28. The largest absolute Gasteiger partial charge is 0.319 e. The molecule has 0 aliphatic carbocycles. The second-order valence-electron chi connectivity index (χ2n) is 3.81. The van der Waals surface area contributed by atoms with Crippen LogP contribution in [0.3, 0.4) is 0 Å². The van der Waals surface area contributed by atoms with Crippen molar-refractivity contribution in [2.24, 2.45) is 0 Å². The van der Waals surface area contributed by atoms with Crippen LogP contribution in [0.4, 0.5) is 18.9 Å². The fourth-order valence-corrected chi connectivity index (χ4v) is 2.01. The summed E-state index contributed by atoms with van der Waals surface area (Å²) in [5, 5.41) is 2.18. The highest BCUT2D eigenvalue weighted by molar-refractivity contribution is 9.10. The zero-order valence-electron chi connectivity index (χ0n) is 9.68. The van der Waals surface area contributed by atoms with Crippen molar-refractivity contribution < 1.29 is 18.0 Å². The lowest BCUT2D eigenvalue weighted by Gasteiger charge is -2.08. The summed E-state index contributed by atoms with van der Waals surface area (Å²) in [7, 11) is 0. The van der Waals surface area contributed by atoms with Crippen molar-refractivity contribution in [2.45, 2.75) is 0 Å². The normalized spacial score (nSPS) is 10.4. The second kappa shape index (κ2) is 5.97. The lowest BCUT2D eigenvalue weighted by atomic mass is 10.2. The van der Waals surface area contributed by atoms with Crippen LogP contribution in [-0.2, 0) is 0 Å². The van der Waals surface area contributed by atoms with Crippen LogP contribution in [0.2, 0.25) is 0 Å². The van der Waals surface area contributed by atoms with Crippen LogP contribution in [0.1, 0.15) is 10.4 Å². The Morgan fingerprint density at radius 2 is 1.60 bits per heavy atom. The SMILES string of the molecule is O=C(Nc1ccc(Br)c(F)c1F)c1ccc(Br)c(F)c1. The van der Waals surface area contributed by atoms with Gasteiger partial charge in [0.2, 0.25) is 0 Å². The van der Waals surface area contributed by atoms with Gasteiger partial charge in [0, 0.05) is 5.56 Å². The molecule has 0 bridgehead atoms. The average Bonchev–Trinajstić information content (AvgIpc) is 2.42. The standard InChI is InChI=1S/C13H6Br2F3NO/c14-7-2-1-6(5-9(7)16)13(20)19-10-4-3-8(15)11(17)12(10)18/h1-5H,(H,19,20). The smallest absolute Gasteiger partial charge is 0.255 e. The van der Waals surface area contributed by atoms with Crippen molar-refractivity contribution in [1.29, 1.82) is 0 Å². The van der Waals surface area contributed by atoms with E-state index in [1.165, 1.54) is 24.3 Å².